The zero-order valence-electron chi connectivity index (χ0n) is 13.8. The lowest BCUT2D eigenvalue weighted by Crippen LogP contribution is -1.90. The lowest BCUT2D eigenvalue weighted by Gasteiger charge is -2.07. The van der Waals surface area contributed by atoms with E-state index >= 15 is 0 Å². The van der Waals surface area contributed by atoms with E-state index in [1.165, 1.54) is 12.7 Å². The summed E-state index contributed by atoms with van der Waals surface area (Å²) in [5.74, 6) is 0.144. The van der Waals surface area contributed by atoms with Gasteiger partial charge in [-0.1, -0.05) is 66.7 Å². The molecule has 0 heterocycles. The number of benzene rings is 3. The molecule has 124 valence electrons. The Morgan fingerprint density at radius 2 is 1.48 bits per heavy atom. The molecule has 0 aliphatic carbocycles. The highest BCUT2D eigenvalue weighted by Crippen LogP contribution is 2.31. The van der Waals surface area contributed by atoms with Crippen molar-refractivity contribution >= 4 is 18.4 Å². The molecule has 0 amide bonds. The number of hydrogen-bond acceptors (Lipinski definition) is 3. The van der Waals surface area contributed by atoms with E-state index in [9.17, 15) is 9.90 Å². The van der Waals surface area contributed by atoms with Gasteiger partial charge >= 0.3 is 0 Å². The molecular weight excluding hydrogens is 312 g/mol. The minimum Gasteiger partial charge on any atom is -0.504 e. The van der Waals surface area contributed by atoms with Gasteiger partial charge in [0, 0.05) is 0 Å². The molecule has 3 rings (SSSR count). The number of ether oxygens (including phenoxy) is 1. The van der Waals surface area contributed by atoms with Crippen molar-refractivity contribution in [2.45, 2.75) is 0 Å². The van der Waals surface area contributed by atoms with Gasteiger partial charge in [0.1, 0.15) is 0 Å². The zero-order valence-corrected chi connectivity index (χ0v) is 13.8. The average Bonchev–Trinajstić information content (AvgIpc) is 2.68. The summed E-state index contributed by atoms with van der Waals surface area (Å²) in [4.78, 5) is 11.1. The summed E-state index contributed by atoms with van der Waals surface area (Å²) in [6.45, 7) is 0. The third-order valence-corrected chi connectivity index (χ3v) is 3.96. The Kier molecular flexibility index (Phi) is 4.95. The molecular formula is C22H18O3. The Morgan fingerprint density at radius 3 is 2.12 bits per heavy atom. The van der Waals surface area contributed by atoms with Crippen molar-refractivity contribution in [1.29, 1.82) is 0 Å². The fraction of sp³-hybridized carbons (Fsp3) is 0.0455. The summed E-state index contributed by atoms with van der Waals surface area (Å²) in [6.07, 6.45) is 4.45. The predicted molar refractivity (Wildman–Crippen MR) is 101 cm³/mol. The van der Waals surface area contributed by atoms with Crippen LogP contribution in [0.5, 0.6) is 11.5 Å². The quantitative estimate of drug-likeness (QED) is 0.526. The molecule has 3 aromatic carbocycles. The standard InChI is InChI=1S/C22H18O3/c1-25-21-14-17(13-20(15-23)22(21)24)8-7-16-9-11-19(12-10-16)18-5-3-2-4-6-18/h2-15,24H,1H3/b8-7+. The van der Waals surface area contributed by atoms with E-state index in [1.807, 2.05) is 42.5 Å². The number of rotatable bonds is 5. The second-order valence-electron chi connectivity index (χ2n) is 5.60. The van der Waals surface area contributed by atoms with E-state index in [2.05, 4.69) is 24.3 Å². The van der Waals surface area contributed by atoms with Crippen LogP contribution in [0.15, 0.2) is 66.7 Å². The highest BCUT2D eigenvalue weighted by Gasteiger charge is 2.08. The largest absolute Gasteiger partial charge is 0.504 e. The van der Waals surface area contributed by atoms with Gasteiger partial charge < -0.3 is 9.84 Å². The second kappa shape index (κ2) is 7.49. The molecule has 0 bridgehead atoms. The molecule has 0 aliphatic heterocycles. The van der Waals surface area contributed by atoms with Crippen molar-refractivity contribution in [1.82, 2.24) is 0 Å². The van der Waals surface area contributed by atoms with Crippen LogP contribution in [-0.2, 0) is 0 Å². The summed E-state index contributed by atoms with van der Waals surface area (Å²) in [5.41, 5.74) is 4.37. The van der Waals surface area contributed by atoms with Crippen LogP contribution in [0.3, 0.4) is 0 Å². The first-order valence-corrected chi connectivity index (χ1v) is 7.91. The molecule has 0 fully saturated rings. The molecule has 0 saturated carbocycles. The van der Waals surface area contributed by atoms with Gasteiger partial charge in [-0.15, -0.1) is 0 Å². The van der Waals surface area contributed by atoms with E-state index < -0.39 is 0 Å². The molecule has 0 aliphatic rings. The van der Waals surface area contributed by atoms with Gasteiger partial charge in [0.25, 0.3) is 0 Å². The van der Waals surface area contributed by atoms with Crippen molar-refractivity contribution in [3.63, 3.8) is 0 Å². The Labute approximate surface area is 146 Å². The van der Waals surface area contributed by atoms with Gasteiger partial charge in [0.2, 0.25) is 0 Å². The first kappa shape index (κ1) is 16.5. The summed E-state index contributed by atoms with van der Waals surface area (Å²) in [5, 5.41) is 9.86. The highest BCUT2D eigenvalue weighted by molar-refractivity contribution is 5.84. The van der Waals surface area contributed by atoms with Crippen molar-refractivity contribution in [3.05, 3.63) is 83.4 Å². The lowest BCUT2D eigenvalue weighted by molar-refractivity contribution is 0.112. The lowest BCUT2D eigenvalue weighted by atomic mass is 10.0. The van der Waals surface area contributed by atoms with E-state index in [1.54, 1.807) is 12.1 Å². The van der Waals surface area contributed by atoms with E-state index in [0.29, 0.717) is 6.29 Å². The third-order valence-electron chi connectivity index (χ3n) is 3.96. The molecule has 3 aromatic rings. The van der Waals surface area contributed by atoms with Crippen molar-refractivity contribution in [2.24, 2.45) is 0 Å². The number of methoxy groups -OCH3 is 1. The van der Waals surface area contributed by atoms with Crippen LogP contribution in [0.4, 0.5) is 0 Å². The normalized spacial score (nSPS) is 10.8. The molecule has 1 N–H and O–H groups in total. The monoisotopic (exact) mass is 330 g/mol. The van der Waals surface area contributed by atoms with Gasteiger partial charge in [-0.25, -0.2) is 0 Å². The Hall–Kier alpha value is -3.33. The predicted octanol–water partition coefficient (Wildman–Crippen LogP) is 5.05. The Bertz CT molecular complexity index is 895. The molecule has 0 unspecified atom stereocenters. The van der Waals surface area contributed by atoms with Crippen molar-refractivity contribution in [3.8, 4) is 22.6 Å². The van der Waals surface area contributed by atoms with E-state index in [4.69, 9.17) is 4.74 Å². The number of carbonyl (C=O) groups excluding carboxylic acids is 1. The van der Waals surface area contributed by atoms with Crippen LogP contribution in [0.2, 0.25) is 0 Å². The fourth-order valence-electron chi connectivity index (χ4n) is 2.60. The number of hydrogen-bond donors (Lipinski definition) is 1. The topological polar surface area (TPSA) is 46.5 Å². The second-order valence-corrected chi connectivity index (χ2v) is 5.60. The molecule has 0 atom stereocenters. The molecule has 3 heteroatoms. The van der Waals surface area contributed by atoms with Gasteiger partial charge in [0.15, 0.2) is 17.8 Å². The van der Waals surface area contributed by atoms with Crippen LogP contribution in [0.25, 0.3) is 23.3 Å². The average molecular weight is 330 g/mol. The molecule has 0 aromatic heterocycles. The Morgan fingerprint density at radius 1 is 0.840 bits per heavy atom. The van der Waals surface area contributed by atoms with Crippen molar-refractivity contribution in [2.75, 3.05) is 7.11 Å². The molecule has 0 spiro atoms. The number of carbonyl (C=O) groups is 1. The summed E-state index contributed by atoms with van der Waals surface area (Å²) in [6, 6.07) is 21.7. The maximum atomic E-state index is 11.1. The van der Waals surface area contributed by atoms with Crippen LogP contribution in [0, 0.1) is 0 Å². The number of phenols is 1. The van der Waals surface area contributed by atoms with Crippen LogP contribution >= 0.6 is 0 Å². The van der Waals surface area contributed by atoms with Gasteiger partial charge in [-0.3, -0.25) is 4.79 Å². The molecule has 0 saturated heterocycles. The maximum Gasteiger partial charge on any atom is 0.168 e. The highest BCUT2D eigenvalue weighted by atomic mass is 16.5. The van der Waals surface area contributed by atoms with Gasteiger partial charge in [-0.05, 0) is 34.4 Å². The van der Waals surface area contributed by atoms with Crippen LogP contribution in [0.1, 0.15) is 21.5 Å². The number of phenolic OH excluding ortho intramolecular Hbond substituents is 1. The minimum absolute atomic E-state index is 0.137. The molecule has 25 heavy (non-hydrogen) atoms. The smallest absolute Gasteiger partial charge is 0.168 e. The summed E-state index contributed by atoms with van der Waals surface area (Å²) < 4.78 is 5.10. The summed E-state index contributed by atoms with van der Waals surface area (Å²) in [7, 11) is 1.46. The Balaban J connectivity index is 1.84. The number of aldehydes is 1. The first-order chi connectivity index (χ1) is 12.2. The molecule has 3 nitrogen and oxygen atoms in total. The summed E-state index contributed by atoms with van der Waals surface area (Å²) >= 11 is 0. The fourth-order valence-corrected chi connectivity index (χ4v) is 2.60. The maximum absolute atomic E-state index is 11.1. The zero-order chi connectivity index (χ0) is 17.6. The van der Waals surface area contributed by atoms with Crippen LogP contribution < -0.4 is 4.74 Å². The van der Waals surface area contributed by atoms with E-state index in [0.717, 1.165) is 16.7 Å². The minimum atomic E-state index is -0.137. The number of aromatic hydroxyl groups is 1. The van der Waals surface area contributed by atoms with E-state index in [-0.39, 0.29) is 17.1 Å². The molecule has 0 radical (unpaired) electrons. The van der Waals surface area contributed by atoms with Crippen molar-refractivity contribution < 1.29 is 14.6 Å². The first-order valence-electron chi connectivity index (χ1n) is 7.91. The third kappa shape index (κ3) is 3.78. The van der Waals surface area contributed by atoms with Gasteiger partial charge in [-0.2, -0.15) is 0 Å². The van der Waals surface area contributed by atoms with Gasteiger partial charge in [0.05, 0.1) is 12.7 Å². The SMILES string of the molecule is COc1cc(/C=C/c2ccc(-c3ccccc3)cc2)cc(C=O)c1O. The van der Waals surface area contributed by atoms with Crippen LogP contribution in [-0.4, -0.2) is 18.5 Å².